The third kappa shape index (κ3) is 2.43. The fourth-order valence-corrected chi connectivity index (χ4v) is 1.51. The maximum atomic E-state index is 11.1. The summed E-state index contributed by atoms with van der Waals surface area (Å²) in [5, 5.41) is 13.6. The minimum Gasteiger partial charge on any atom is -0.478 e. The molecule has 0 spiro atoms. The van der Waals surface area contributed by atoms with Crippen LogP contribution in [0.4, 0.5) is 0 Å². The second-order valence-electron chi connectivity index (χ2n) is 5.18. The number of hydrogen-bond donors (Lipinski definition) is 1. The van der Waals surface area contributed by atoms with Gasteiger partial charge in [-0.3, -0.25) is 4.68 Å². The molecule has 4 nitrogen and oxygen atoms in total. The first-order valence-electron chi connectivity index (χ1n) is 5.60. The van der Waals surface area contributed by atoms with Crippen molar-refractivity contribution in [3.8, 4) is 0 Å². The van der Waals surface area contributed by atoms with Crippen LogP contribution in [0.2, 0.25) is 0 Å². The zero-order valence-electron chi connectivity index (χ0n) is 10.6. The molecule has 0 aliphatic rings. The van der Waals surface area contributed by atoms with Crippen molar-refractivity contribution in [2.75, 3.05) is 0 Å². The molecular formula is C12H20N2O2. The molecule has 1 rings (SSSR count). The first-order chi connectivity index (χ1) is 7.27. The van der Waals surface area contributed by atoms with Gasteiger partial charge in [-0.15, -0.1) is 0 Å². The lowest BCUT2D eigenvalue weighted by atomic mass is 9.90. The molecule has 4 heteroatoms. The summed E-state index contributed by atoms with van der Waals surface area (Å²) < 4.78 is 1.75. The van der Waals surface area contributed by atoms with Crippen LogP contribution in [0, 0.1) is 0 Å². The zero-order chi connectivity index (χ0) is 12.5. The minimum atomic E-state index is -0.903. The number of carboxylic acids is 1. The second kappa shape index (κ2) is 4.28. The number of aromatic nitrogens is 2. The highest BCUT2D eigenvalue weighted by Gasteiger charge is 2.26. The van der Waals surface area contributed by atoms with E-state index in [0.717, 1.165) is 6.42 Å². The van der Waals surface area contributed by atoms with Crippen LogP contribution in [0.5, 0.6) is 0 Å². The number of aromatic carboxylic acids is 1. The summed E-state index contributed by atoms with van der Waals surface area (Å²) in [5.41, 5.74) is 0.722. The van der Waals surface area contributed by atoms with Gasteiger partial charge in [0.25, 0.3) is 0 Å². The Morgan fingerprint density at radius 1 is 1.56 bits per heavy atom. The highest BCUT2D eigenvalue weighted by atomic mass is 16.4. The zero-order valence-corrected chi connectivity index (χ0v) is 10.6. The van der Waals surface area contributed by atoms with E-state index >= 15 is 0 Å². The Labute approximate surface area is 96.3 Å². The predicted octanol–water partition coefficient (Wildman–Crippen LogP) is 2.85. The van der Waals surface area contributed by atoms with E-state index in [1.165, 1.54) is 0 Å². The molecule has 1 heterocycles. The average Bonchev–Trinajstić information content (AvgIpc) is 2.60. The van der Waals surface area contributed by atoms with E-state index in [-0.39, 0.29) is 11.5 Å². The van der Waals surface area contributed by atoms with Gasteiger partial charge in [0.2, 0.25) is 0 Å². The van der Waals surface area contributed by atoms with Crippen LogP contribution in [0.3, 0.4) is 0 Å². The average molecular weight is 224 g/mol. The lowest BCUT2D eigenvalue weighted by molar-refractivity contribution is 0.0694. The van der Waals surface area contributed by atoms with Gasteiger partial charge in [0.1, 0.15) is 5.56 Å². The van der Waals surface area contributed by atoms with Crippen molar-refractivity contribution in [1.82, 2.24) is 9.78 Å². The van der Waals surface area contributed by atoms with Gasteiger partial charge in [-0.05, 0) is 13.3 Å². The van der Waals surface area contributed by atoms with Crippen molar-refractivity contribution in [2.24, 2.45) is 0 Å². The Morgan fingerprint density at radius 3 is 2.44 bits per heavy atom. The van der Waals surface area contributed by atoms with Gasteiger partial charge >= 0.3 is 5.97 Å². The predicted molar refractivity (Wildman–Crippen MR) is 62.9 cm³/mol. The first kappa shape index (κ1) is 12.7. The molecular weight excluding hydrogens is 204 g/mol. The lowest BCUT2D eigenvalue weighted by Gasteiger charge is -2.16. The van der Waals surface area contributed by atoms with Crippen LogP contribution in [0.25, 0.3) is 0 Å². The summed E-state index contributed by atoms with van der Waals surface area (Å²) >= 11 is 0. The van der Waals surface area contributed by atoms with Gasteiger partial charge < -0.3 is 5.11 Å². The Balaban J connectivity index is 3.26. The van der Waals surface area contributed by atoms with Gasteiger partial charge in [0, 0.05) is 17.7 Å². The molecule has 1 atom stereocenters. The number of carbonyl (C=O) groups is 1. The van der Waals surface area contributed by atoms with Gasteiger partial charge in [-0.1, -0.05) is 27.7 Å². The summed E-state index contributed by atoms with van der Waals surface area (Å²) in [6.45, 7) is 10.0. The van der Waals surface area contributed by atoms with E-state index in [4.69, 9.17) is 5.11 Å². The minimum absolute atomic E-state index is 0.231. The van der Waals surface area contributed by atoms with E-state index in [1.807, 2.05) is 27.7 Å². The lowest BCUT2D eigenvalue weighted by Crippen LogP contribution is -2.17. The van der Waals surface area contributed by atoms with Crippen molar-refractivity contribution >= 4 is 5.97 Å². The molecule has 0 fully saturated rings. The maximum Gasteiger partial charge on any atom is 0.339 e. The monoisotopic (exact) mass is 224 g/mol. The summed E-state index contributed by atoms with van der Waals surface area (Å²) in [6.07, 6.45) is 2.57. The Kier molecular flexibility index (Phi) is 3.41. The van der Waals surface area contributed by atoms with Gasteiger partial charge in [0.05, 0.1) is 5.69 Å². The SMILES string of the molecule is CCC(C)n1cc(C(=O)O)c(C(C)(C)C)n1. The van der Waals surface area contributed by atoms with Gasteiger partial charge in [-0.25, -0.2) is 4.79 Å². The standard InChI is InChI=1S/C12H20N2O2/c1-6-8(2)14-7-9(11(15)16)10(13-14)12(3,4)5/h7-8H,6H2,1-5H3,(H,15,16). The molecule has 0 aromatic carbocycles. The van der Waals surface area contributed by atoms with Crippen molar-refractivity contribution < 1.29 is 9.90 Å². The molecule has 0 radical (unpaired) electrons. The fourth-order valence-electron chi connectivity index (χ4n) is 1.51. The number of nitrogens with zero attached hydrogens (tertiary/aromatic N) is 2. The molecule has 90 valence electrons. The number of carboxylic acid groups (broad SMARTS) is 1. The molecule has 0 saturated carbocycles. The van der Waals surface area contributed by atoms with Gasteiger partial charge in [-0.2, -0.15) is 5.10 Å². The molecule has 0 aliphatic heterocycles. The van der Waals surface area contributed by atoms with E-state index < -0.39 is 5.97 Å². The maximum absolute atomic E-state index is 11.1. The smallest absolute Gasteiger partial charge is 0.339 e. The van der Waals surface area contributed by atoms with Crippen LogP contribution in [-0.2, 0) is 5.41 Å². The molecule has 1 N–H and O–H groups in total. The van der Waals surface area contributed by atoms with E-state index in [1.54, 1.807) is 10.9 Å². The third-order valence-corrected chi connectivity index (χ3v) is 2.72. The topological polar surface area (TPSA) is 55.1 Å². The molecule has 0 saturated heterocycles. The van der Waals surface area contributed by atoms with Crippen molar-refractivity contribution in [3.63, 3.8) is 0 Å². The Hall–Kier alpha value is -1.32. The number of hydrogen-bond acceptors (Lipinski definition) is 2. The normalized spacial score (nSPS) is 13.8. The van der Waals surface area contributed by atoms with Crippen LogP contribution >= 0.6 is 0 Å². The summed E-state index contributed by atoms with van der Waals surface area (Å²) in [5.74, 6) is -0.903. The fraction of sp³-hybridized carbons (Fsp3) is 0.667. The van der Waals surface area contributed by atoms with Crippen molar-refractivity contribution in [3.05, 3.63) is 17.5 Å². The molecule has 0 bridgehead atoms. The molecule has 1 aromatic rings. The van der Waals surface area contributed by atoms with Crippen LogP contribution in [0.15, 0.2) is 6.20 Å². The van der Waals surface area contributed by atoms with Crippen LogP contribution < -0.4 is 0 Å². The van der Waals surface area contributed by atoms with E-state index in [2.05, 4.69) is 12.0 Å². The van der Waals surface area contributed by atoms with E-state index in [0.29, 0.717) is 11.3 Å². The van der Waals surface area contributed by atoms with Crippen LogP contribution in [-0.4, -0.2) is 20.9 Å². The van der Waals surface area contributed by atoms with Gasteiger partial charge in [0.15, 0.2) is 0 Å². The molecule has 1 unspecified atom stereocenters. The molecule has 0 aliphatic carbocycles. The quantitative estimate of drug-likeness (QED) is 0.858. The molecule has 0 amide bonds. The summed E-state index contributed by atoms with van der Waals surface area (Å²) in [4.78, 5) is 11.1. The third-order valence-electron chi connectivity index (χ3n) is 2.72. The number of rotatable bonds is 3. The molecule has 1 aromatic heterocycles. The highest BCUT2D eigenvalue weighted by Crippen LogP contribution is 2.25. The van der Waals surface area contributed by atoms with Crippen molar-refractivity contribution in [1.29, 1.82) is 0 Å². The Bertz CT molecular complexity index is 388. The second-order valence-corrected chi connectivity index (χ2v) is 5.18. The largest absolute Gasteiger partial charge is 0.478 e. The van der Waals surface area contributed by atoms with Crippen LogP contribution in [0.1, 0.15) is 63.1 Å². The first-order valence-corrected chi connectivity index (χ1v) is 5.60. The summed E-state index contributed by atoms with van der Waals surface area (Å²) in [6, 6.07) is 0.231. The highest BCUT2D eigenvalue weighted by molar-refractivity contribution is 5.89. The molecule has 16 heavy (non-hydrogen) atoms. The van der Waals surface area contributed by atoms with E-state index in [9.17, 15) is 4.79 Å². The summed E-state index contributed by atoms with van der Waals surface area (Å²) in [7, 11) is 0. The van der Waals surface area contributed by atoms with Crippen molar-refractivity contribution in [2.45, 2.75) is 52.5 Å². The Morgan fingerprint density at radius 2 is 2.12 bits per heavy atom.